The van der Waals surface area contributed by atoms with Crippen molar-refractivity contribution in [3.05, 3.63) is 23.7 Å². The van der Waals surface area contributed by atoms with Gasteiger partial charge < -0.3 is 13.9 Å². The molecule has 0 unspecified atom stereocenters. The van der Waals surface area contributed by atoms with Crippen molar-refractivity contribution in [2.45, 2.75) is 20.0 Å². The van der Waals surface area contributed by atoms with Crippen LogP contribution in [0.25, 0.3) is 0 Å². The smallest absolute Gasteiger partial charge is 0.373 e. The standard InChI is InChI=1S/C10H12O5/c1-3-9(11)14-6-7-4-5-8(15-7)10(12)13-2/h4-5H,3,6H2,1-2H3. The Bertz CT molecular complexity index is 352. The summed E-state index contributed by atoms with van der Waals surface area (Å²) < 4.78 is 14.4. The van der Waals surface area contributed by atoms with Crippen LogP contribution in [-0.2, 0) is 20.9 Å². The van der Waals surface area contributed by atoms with Crippen LogP contribution in [0.3, 0.4) is 0 Å². The van der Waals surface area contributed by atoms with Gasteiger partial charge in [-0.25, -0.2) is 4.79 Å². The molecule has 0 saturated carbocycles. The zero-order valence-electron chi connectivity index (χ0n) is 8.61. The first-order valence-electron chi connectivity index (χ1n) is 4.50. The SMILES string of the molecule is CCC(=O)OCc1ccc(C(=O)OC)o1. The zero-order chi connectivity index (χ0) is 11.3. The molecule has 0 aromatic carbocycles. The van der Waals surface area contributed by atoms with Crippen molar-refractivity contribution in [3.63, 3.8) is 0 Å². The van der Waals surface area contributed by atoms with E-state index >= 15 is 0 Å². The Morgan fingerprint density at radius 1 is 1.40 bits per heavy atom. The molecule has 1 aromatic rings. The summed E-state index contributed by atoms with van der Waals surface area (Å²) in [6.07, 6.45) is 0.310. The third kappa shape index (κ3) is 3.12. The van der Waals surface area contributed by atoms with Crippen LogP contribution >= 0.6 is 0 Å². The van der Waals surface area contributed by atoms with Crippen LogP contribution < -0.4 is 0 Å². The lowest BCUT2D eigenvalue weighted by atomic mass is 10.4. The Morgan fingerprint density at radius 2 is 2.13 bits per heavy atom. The van der Waals surface area contributed by atoms with Crippen LogP contribution in [0.1, 0.15) is 29.7 Å². The highest BCUT2D eigenvalue weighted by molar-refractivity contribution is 5.86. The Hall–Kier alpha value is -1.78. The van der Waals surface area contributed by atoms with Crippen LogP contribution in [0.4, 0.5) is 0 Å². The zero-order valence-corrected chi connectivity index (χ0v) is 8.61. The van der Waals surface area contributed by atoms with Gasteiger partial charge in [-0.2, -0.15) is 0 Å². The average Bonchev–Trinajstić information content (AvgIpc) is 2.73. The fourth-order valence-electron chi connectivity index (χ4n) is 0.919. The summed E-state index contributed by atoms with van der Waals surface area (Å²) in [6, 6.07) is 3.04. The third-order valence-corrected chi connectivity index (χ3v) is 1.71. The van der Waals surface area contributed by atoms with E-state index in [1.807, 2.05) is 0 Å². The largest absolute Gasteiger partial charge is 0.463 e. The molecule has 0 radical (unpaired) electrons. The van der Waals surface area contributed by atoms with Crippen molar-refractivity contribution in [3.8, 4) is 0 Å². The van der Waals surface area contributed by atoms with E-state index in [1.54, 1.807) is 13.0 Å². The Balaban J connectivity index is 2.53. The van der Waals surface area contributed by atoms with E-state index in [2.05, 4.69) is 4.74 Å². The predicted molar refractivity (Wildman–Crippen MR) is 50.1 cm³/mol. The number of furan rings is 1. The lowest BCUT2D eigenvalue weighted by molar-refractivity contribution is -0.145. The normalized spacial score (nSPS) is 9.73. The van der Waals surface area contributed by atoms with Crippen molar-refractivity contribution >= 4 is 11.9 Å². The monoisotopic (exact) mass is 212 g/mol. The van der Waals surface area contributed by atoms with Gasteiger partial charge in [0.2, 0.25) is 5.76 Å². The maximum Gasteiger partial charge on any atom is 0.373 e. The van der Waals surface area contributed by atoms with Gasteiger partial charge in [0.25, 0.3) is 0 Å². The highest BCUT2D eigenvalue weighted by Gasteiger charge is 2.11. The summed E-state index contributed by atoms with van der Waals surface area (Å²) in [6.45, 7) is 1.73. The molecule has 0 N–H and O–H groups in total. The second-order valence-electron chi connectivity index (χ2n) is 2.77. The van der Waals surface area contributed by atoms with Gasteiger partial charge in [-0.3, -0.25) is 4.79 Å². The number of carbonyl (C=O) groups excluding carboxylic acids is 2. The van der Waals surface area contributed by atoms with Crippen molar-refractivity contribution in [1.29, 1.82) is 0 Å². The van der Waals surface area contributed by atoms with E-state index in [4.69, 9.17) is 9.15 Å². The average molecular weight is 212 g/mol. The lowest BCUT2D eigenvalue weighted by Gasteiger charge is -1.99. The number of esters is 2. The molecule has 1 heterocycles. The minimum Gasteiger partial charge on any atom is -0.463 e. The van der Waals surface area contributed by atoms with Gasteiger partial charge in [0.05, 0.1) is 7.11 Å². The van der Waals surface area contributed by atoms with E-state index in [9.17, 15) is 9.59 Å². The van der Waals surface area contributed by atoms with Crippen LogP contribution in [-0.4, -0.2) is 19.0 Å². The summed E-state index contributed by atoms with van der Waals surface area (Å²) in [4.78, 5) is 21.8. The van der Waals surface area contributed by atoms with Gasteiger partial charge in [0, 0.05) is 6.42 Å². The predicted octanol–water partition coefficient (Wildman–Crippen LogP) is 1.52. The summed E-state index contributed by atoms with van der Waals surface area (Å²) >= 11 is 0. The number of ether oxygens (including phenoxy) is 2. The highest BCUT2D eigenvalue weighted by atomic mass is 16.5. The molecule has 0 bridgehead atoms. The van der Waals surface area contributed by atoms with Crippen LogP contribution in [0.15, 0.2) is 16.5 Å². The minimum atomic E-state index is -0.553. The van der Waals surface area contributed by atoms with Crippen molar-refractivity contribution in [2.24, 2.45) is 0 Å². The quantitative estimate of drug-likeness (QED) is 0.708. The van der Waals surface area contributed by atoms with E-state index < -0.39 is 5.97 Å². The van der Waals surface area contributed by atoms with Gasteiger partial charge in [-0.1, -0.05) is 6.92 Å². The first kappa shape index (κ1) is 11.3. The lowest BCUT2D eigenvalue weighted by Crippen LogP contribution is -2.02. The molecule has 0 atom stereocenters. The van der Waals surface area contributed by atoms with Crippen molar-refractivity contribution < 1.29 is 23.5 Å². The molecule has 0 fully saturated rings. The Kier molecular flexibility index (Phi) is 3.91. The fraction of sp³-hybridized carbons (Fsp3) is 0.400. The molecule has 0 aliphatic carbocycles. The van der Waals surface area contributed by atoms with Gasteiger partial charge in [0.1, 0.15) is 12.4 Å². The molecular weight excluding hydrogens is 200 g/mol. The minimum absolute atomic E-state index is 0.0314. The molecule has 1 aromatic heterocycles. The molecule has 1 rings (SSSR count). The molecule has 15 heavy (non-hydrogen) atoms. The van der Waals surface area contributed by atoms with Crippen molar-refractivity contribution in [1.82, 2.24) is 0 Å². The topological polar surface area (TPSA) is 65.7 Å². The van der Waals surface area contributed by atoms with E-state index in [-0.39, 0.29) is 18.3 Å². The van der Waals surface area contributed by atoms with Crippen molar-refractivity contribution in [2.75, 3.05) is 7.11 Å². The third-order valence-electron chi connectivity index (χ3n) is 1.71. The molecular formula is C10H12O5. The Labute approximate surface area is 87.0 Å². The Morgan fingerprint density at radius 3 is 2.73 bits per heavy atom. The molecule has 5 heteroatoms. The molecule has 5 nitrogen and oxygen atoms in total. The second kappa shape index (κ2) is 5.19. The second-order valence-corrected chi connectivity index (χ2v) is 2.77. The summed E-state index contributed by atoms with van der Waals surface area (Å²) in [5, 5.41) is 0. The molecule has 0 amide bonds. The molecule has 0 saturated heterocycles. The number of rotatable bonds is 4. The summed E-state index contributed by atoms with van der Waals surface area (Å²) in [5.41, 5.74) is 0. The van der Waals surface area contributed by atoms with E-state index in [0.717, 1.165) is 0 Å². The first-order chi connectivity index (χ1) is 7.17. The van der Waals surface area contributed by atoms with Crippen LogP contribution in [0, 0.1) is 0 Å². The van der Waals surface area contributed by atoms with Crippen LogP contribution in [0.2, 0.25) is 0 Å². The number of hydrogen-bond donors (Lipinski definition) is 0. The number of carbonyl (C=O) groups is 2. The fourth-order valence-corrected chi connectivity index (χ4v) is 0.919. The van der Waals surface area contributed by atoms with Gasteiger partial charge >= 0.3 is 11.9 Å². The maximum absolute atomic E-state index is 11.0. The van der Waals surface area contributed by atoms with Gasteiger partial charge in [-0.05, 0) is 12.1 Å². The molecule has 0 aliphatic heterocycles. The number of hydrogen-bond acceptors (Lipinski definition) is 5. The molecule has 0 aliphatic rings. The molecule has 82 valence electrons. The van der Waals surface area contributed by atoms with Gasteiger partial charge in [0.15, 0.2) is 0 Å². The summed E-state index contributed by atoms with van der Waals surface area (Å²) in [7, 11) is 1.27. The van der Waals surface area contributed by atoms with Crippen LogP contribution in [0.5, 0.6) is 0 Å². The maximum atomic E-state index is 11.0. The van der Waals surface area contributed by atoms with E-state index in [1.165, 1.54) is 13.2 Å². The van der Waals surface area contributed by atoms with Gasteiger partial charge in [-0.15, -0.1) is 0 Å². The van der Waals surface area contributed by atoms with E-state index in [0.29, 0.717) is 12.2 Å². The number of methoxy groups -OCH3 is 1. The highest BCUT2D eigenvalue weighted by Crippen LogP contribution is 2.10. The summed E-state index contributed by atoms with van der Waals surface area (Å²) in [5.74, 6) is -0.355. The first-order valence-corrected chi connectivity index (χ1v) is 4.50. The molecule has 0 spiro atoms.